The number of carbonyl (C=O) groups excluding carboxylic acids is 1. The maximum absolute atomic E-state index is 11.9. The lowest BCUT2D eigenvalue weighted by atomic mass is 10.0. The first-order chi connectivity index (χ1) is 14.3. The van der Waals surface area contributed by atoms with Crippen molar-refractivity contribution in [1.82, 2.24) is 30.1 Å². The van der Waals surface area contributed by atoms with Crippen molar-refractivity contribution in [2.45, 2.75) is 39.8 Å². The number of nitrogens with one attached hydrogen (secondary N) is 2. The first-order valence-corrected chi connectivity index (χ1v) is 9.71. The van der Waals surface area contributed by atoms with E-state index in [9.17, 15) is 4.79 Å². The van der Waals surface area contributed by atoms with Crippen LogP contribution >= 0.6 is 0 Å². The monoisotopic (exact) mass is 404 g/mol. The highest BCUT2D eigenvalue weighted by atomic mass is 16.6. The summed E-state index contributed by atoms with van der Waals surface area (Å²) in [5.74, 6) is 0. The number of alkyl carbamates (subject to hydrolysis) is 1. The summed E-state index contributed by atoms with van der Waals surface area (Å²) >= 11 is 0. The molecule has 0 aliphatic rings. The highest BCUT2D eigenvalue weighted by Crippen LogP contribution is 2.25. The molecular weight excluding hydrogens is 380 g/mol. The molecule has 3 aromatic heterocycles. The van der Waals surface area contributed by atoms with E-state index in [2.05, 4.69) is 26.6 Å². The molecule has 2 N–H and O–H groups in total. The Kier molecular flexibility index (Phi) is 4.99. The van der Waals surface area contributed by atoms with Crippen molar-refractivity contribution in [3.05, 3.63) is 60.0 Å². The molecular formula is C22H24N6O2. The van der Waals surface area contributed by atoms with Gasteiger partial charge in [-0.15, -0.1) is 0 Å². The largest absolute Gasteiger partial charge is 0.444 e. The summed E-state index contributed by atoms with van der Waals surface area (Å²) in [7, 11) is 0. The van der Waals surface area contributed by atoms with Gasteiger partial charge in [-0.25, -0.2) is 14.3 Å². The first kappa shape index (κ1) is 19.6. The van der Waals surface area contributed by atoms with Crippen LogP contribution in [-0.4, -0.2) is 36.5 Å². The zero-order valence-corrected chi connectivity index (χ0v) is 17.4. The normalized spacial score (nSPS) is 11.6. The molecule has 0 aliphatic heterocycles. The SMILES string of the molecule is Cc1cc(-c2ccnc3cc(-c4cn[nH]c4)nn23)ccc1CNC(=O)OC(C)(C)C. The molecule has 4 rings (SSSR count). The minimum absolute atomic E-state index is 0.402. The fourth-order valence-electron chi connectivity index (χ4n) is 3.18. The highest BCUT2D eigenvalue weighted by molar-refractivity contribution is 5.69. The van der Waals surface area contributed by atoms with Crippen molar-refractivity contribution >= 4 is 11.7 Å². The van der Waals surface area contributed by atoms with Crippen LogP contribution in [0.4, 0.5) is 4.79 Å². The number of nitrogens with zero attached hydrogens (tertiary/aromatic N) is 4. The smallest absolute Gasteiger partial charge is 0.407 e. The van der Waals surface area contributed by atoms with Crippen LogP contribution in [0, 0.1) is 6.92 Å². The van der Waals surface area contributed by atoms with Gasteiger partial charge in [0.25, 0.3) is 0 Å². The number of aryl methyl sites for hydroxylation is 1. The number of ether oxygens (including phenoxy) is 1. The summed E-state index contributed by atoms with van der Waals surface area (Å²) in [6.07, 6.45) is 4.89. The standard InChI is InChI=1S/C22H24N6O2/c1-14-9-15(5-6-16(14)11-24-21(29)30-22(2,3)4)19-7-8-23-20-10-18(27-28(19)20)17-12-25-26-13-17/h5-10,12-13H,11H2,1-4H3,(H,24,29)(H,25,26). The molecule has 1 amide bonds. The van der Waals surface area contributed by atoms with E-state index >= 15 is 0 Å². The van der Waals surface area contributed by atoms with Crippen molar-refractivity contribution < 1.29 is 9.53 Å². The minimum atomic E-state index is -0.519. The van der Waals surface area contributed by atoms with E-state index < -0.39 is 11.7 Å². The Morgan fingerprint density at radius 1 is 1.20 bits per heavy atom. The maximum Gasteiger partial charge on any atom is 0.407 e. The van der Waals surface area contributed by atoms with E-state index in [1.807, 2.05) is 56.5 Å². The zero-order valence-electron chi connectivity index (χ0n) is 17.4. The van der Waals surface area contributed by atoms with Crippen LogP contribution in [0.15, 0.2) is 48.9 Å². The molecule has 8 nitrogen and oxygen atoms in total. The third-order valence-corrected chi connectivity index (χ3v) is 4.61. The van der Waals surface area contributed by atoms with Gasteiger partial charge in [0.05, 0.1) is 17.6 Å². The zero-order chi connectivity index (χ0) is 21.3. The van der Waals surface area contributed by atoms with Crippen molar-refractivity contribution in [3.63, 3.8) is 0 Å². The molecule has 0 bridgehead atoms. The number of aromatic nitrogens is 5. The van der Waals surface area contributed by atoms with Gasteiger partial charge in [-0.3, -0.25) is 5.10 Å². The Morgan fingerprint density at radius 3 is 2.73 bits per heavy atom. The first-order valence-electron chi connectivity index (χ1n) is 9.71. The molecule has 0 saturated heterocycles. The fourth-order valence-corrected chi connectivity index (χ4v) is 3.18. The van der Waals surface area contributed by atoms with Crippen LogP contribution in [-0.2, 0) is 11.3 Å². The van der Waals surface area contributed by atoms with Crippen LogP contribution in [0.5, 0.6) is 0 Å². The highest BCUT2D eigenvalue weighted by Gasteiger charge is 2.16. The lowest BCUT2D eigenvalue weighted by Gasteiger charge is -2.20. The third-order valence-electron chi connectivity index (χ3n) is 4.61. The Balaban J connectivity index is 1.58. The van der Waals surface area contributed by atoms with E-state index in [0.29, 0.717) is 6.54 Å². The van der Waals surface area contributed by atoms with Gasteiger partial charge in [0, 0.05) is 36.1 Å². The molecule has 0 radical (unpaired) electrons. The molecule has 4 aromatic rings. The average molecular weight is 404 g/mol. The third kappa shape index (κ3) is 4.17. The van der Waals surface area contributed by atoms with E-state index in [4.69, 9.17) is 9.84 Å². The number of fused-ring (bicyclic) bond motifs is 1. The Bertz CT molecular complexity index is 1190. The average Bonchev–Trinajstić information content (AvgIpc) is 3.34. The van der Waals surface area contributed by atoms with Gasteiger partial charge in [0.1, 0.15) is 5.60 Å². The van der Waals surface area contributed by atoms with Gasteiger partial charge in [-0.05, 0) is 51.0 Å². The Labute approximate surface area is 174 Å². The second-order valence-electron chi connectivity index (χ2n) is 8.11. The number of hydrogen-bond donors (Lipinski definition) is 2. The summed E-state index contributed by atoms with van der Waals surface area (Å²) < 4.78 is 7.13. The predicted molar refractivity (Wildman–Crippen MR) is 114 cm³/mol. The van der Waals surface area contributed by atoms with Gasteiger partial charge < -0.3 is 10.1 Å². The number of rotatable bonds is 4. The van der Waals surface area contributed by atoms with Crippen molar-refractivity contribution in [2.24, 2.45) is 0 Å². The molecule has 8 heteroatoms. The molecule has 0 unspecified atom stereocenters. The number of benzene rings is 1. The van der Waals surface area contributed by atoms with Gasteiger partial charge >= 0.3 is 6.09 Å². The predicted octanol–water partition coefficient (Wildman–Crippen LogP) is 4.12. The van der Waals surface area contributed by atoms with E-state index in [0.717, 1.165) is 39.3 Å². The number of carbonyl (C=O) groups is 1. The topological polar surface area (TPSA) is 97.2 Å². The van der Waals surface area contributed by atoms with Crippen LogP contribution in [0.2, 0.25) is 0 Å². The van der Waals surface area contributed by atoms with Crippen molar-refractivity contribution in [2.75, 3.05) is 0 Å². The lowest BCUT2D eigenvalue weighted by Crippen LogP contribution is -2.32. The maximum atomic E-state index is 11.9. The van der Waals surface area contributed by atoms with Crippen LogP contribution < -0.4 is 5.32 Å². The van der Waals surface area contributed by atoms with Gasteiger partial charge in [0.2, 0.25) is 0 Å². The second-order valence-corrected chi connectivity index (χ2v) is 8.11. The van der Waals surface area contributed by atoms with E-state index in [1.165, 1.54) is 0 Å². The summed E-state index contributed by atoms with van der Waals surface area (Å²) in [5, 5.41) is 14.3. The van der Waals surface area contributed by atoms with Crippen LogP contribution in [0.3, 0.4) is 0 Å². The number of hydrogen-bond acceptors (Lipinski definition) is 5. The molecule has 0 saturated carbocycles. The number of H-pyrrole nitrogens is 1. The molecule has 0 spiro atoms. The molecule has 154 valence electrons. The second kappa shape index (κ2) is 7.62. The Morgan fingerprint density at radius 2 is 2.03 bits per heavy atom. The van der Waals surface area contributed by atoms with Gasteiger partial charge in [-0.1, -0.05) is 12.1 Å². The van der Waals surface area contributed by atoms with Gasteiger partial charge in [-0.2, -0.15) is 10.2 Å². The molecule has 0 fully saturated rings. The van der Waals surface area contributed by atoms with Crippen LogP contribution in [0.1, 0.15) is 31.9 Å². The summed E-state index contributed by atoms with van der Waals surface area (Å²) in [5.41, 5.74) is 5.99. The summed E-state index contributed by atoms with van der Waals surface area (Å²) in [6.45, 7) is 7.95. The van der Waals surface area contributed by atoms with Gasteiger partial charge in [0.15, 0.2) is 5.65 Å². The number of aromatic amines is 1. The quantitative estimate of drug-likeness (QED) is 0.533. The number of amides is 1. The molecule has 1 aromatic carbocycles. The minimum Gasteiger partial charge on any atom is -0.444 e. The molecule has 3 heterocycles. The molecule has 0 aliphatic carbocycles. The van der Waals surface area contributed by atoms with Crippen molar-refractivity contribution in [3.8, 4) is 22.5 Å². The van der Waals surface area contributed by atoms with Crippen LogP contribution in [0.25, 0.3) is 28.2 Å². The fraction of sp³-hybridized carbons (Fsp3) is 0.273. The summed E-state index contributed by atoms with van der Waals surface area (Å²) in [6, 6.07) is 9.98. The molecule has 0 atom stereocenters. The molecule has 30 heavy (non-hydrogen) atoms. The Hall–Kier alpha value is -3.68. The summed E-state index contributed by atoms with van der Waals surface area (Å²) in [4.78, 5) is 16.3. The van der Waals surface area contributed by atoms with Crippen molar-refractivity contribution in [1.29, 1.82) is 0 Å². The lowest BCUT2D eigenvalue weighted by molar-refractivity contribution is 0.0523. The van der Waals surface area contributed by atoms with E-state index in [-0.39, 0.29) is 0 Å². The van der Waals surface area contributed by atoms with E-state index in [1.54, 1.807) is 18.6 Å².